The third kappa shape index (κ3) is 1.53. The molecule has 46 valence electrons. The molecule has 0 aliphatic carbocycles. The van der Waals surface area contributed by atoms with Crippen LogP contribution in [-0.4, -0.2) is 16.4 Å². The zero-order valence-electron chi connectivity index (χ0n) is 4.73. The van der Waals surface area contributed by atoms with Gasteiger partial charge in [-0.05, 0) is 12.1 Å². The number of hydrogen-bond acceptors (Lipinski definition) is 3. The minimum atomic E-state index is 0.653. The standard InChI is InChI=1S/C6H6N2O/c9-8-5-6-3-1-2-4-7-6/h1-5,9H/b8-5+/i5+2. The van der Waals surface area contributed by atoms with Gasteiger partial charge in [-0.1, -0.05) is 11.2 Å². The summed E-state index contributed by atoms with van der Waals surface area (Å²) in [4.78, 5) is 3.86. The van der Waals surface area contributed by atoms with E-state index >= 15 is 0 Å². The number of aromatic nitrogens is 1. The molecule has 0 aromatic carbocycles. The molecule has 9 heavy (non-hydrogen) atoms. The molecule has 0 amide bonds. The van der Waals surface area contributed by atoms with Crippen molar-refractivity contribution in [3.63, 3.8) is 0 Å². The fourth-order valence-electron chi connectivity index (χ4n) is 0.511. The summed E-state index contributed by atoms with van der Waals surface area (Å²) in [6.45, 7) is 0. The number of nitrogens with zero attached hydrogens (tertiary/aromatic N) is 2. The molecule has 0 aliphatic heterocycles. The van der Waals surface area contributed by atoms with Crippen molar-refractivity contribution in [1.29, 1.82) is 0 Å². The van der Waals surface area contributed by atoms with Crippen molar-refractivity contribution in [1.82, 2.24) is 4.98 Å². The van der Waals surface area contributed by atoms with Crippen molar-refractivity contribution in [2.24, 2.45) is 5.16 Å². The highest BCUT2D eigenvalue weighted by Crippen LogP contribution is 1.86. The van der Waals surface area contributed by atoms with E-state index in [1.165, 1.54) is 6.21 Å². The summed E-state index contributed by atoms with van der Waals surface area (Å²) in [5, 5.41) is 10.9. The number of oxime groups is 1. The summed E-state index contributed by atoms with van der Waals surface area (Å²) >= 11 is 0. The van der Waals surface area contributed by atoms with Crippen LogP contribution in [-0.2, 0) is 0 Å². The first-order chi connectivity index (χ1) is 4.43. The van der Waals surface area contributed by atoms with Crippen LogP contribution in [0.4, 0.5) is 0 Å². The highest BCUT2D eigenvalue weighted by atomic mass is 16.5. The lowest BCUT2D eigenvalue weighted by Crippen LogP contribution is -1.83. The number of hydrogen-bond donors (Lipinski definition) is 1. The van der Waals surface area contributed by atoms with Gasteiger partial charge >= 0.3 is 0 Å². The summed E-state index contributed by atoms with van der Waals surface area (Å²) in [7, 11) is 0. The second kappa shape index (κ2) is 2.81. The molecule has 1 aromatic heterocycles. The number of pyridine rings is 1. The van der Waals surface area contributed by atoms with E-state index in [9.17, 15) is 0 Å². The molecule has 0 saturated heterocycles. The second-order valence-electron chi connectivity index (χ2n) is 1.50. The van der Waals surface area contributed by atoms with Gasteiger partial charge in [0.1, 0.15) is 0 Å². The average molecular weight is 124 g/mol. The highest BCUT2D eigenvalue weighted by Gasteiger charge is 1.81. The molecule has 3 nitrogen and oxygen atoms in total. The maximum atomic E-state index is 8.05. The minimum absolute atomic E-state index is 0.653. The summed E-state index contributed by atoms with van der Waals surface area (Å²) in [6.07, 6.45) is 2.91. The van der Waals surface area contributed by atoms with Crippen LogP contribution in [0.1, 0.15) is 5.69 Å². The van der Waals surface area contributed by atoms with Crippen LogP contribution in [0.3, 0.4) is 0 Å². The molecule has 1 rings (SSSR count). The van der Waals surface area contributed by atoms with Crippen LogP contribution in [0.15, 0.2) is 29.6 Å². The summed E-state index contributed by atoms with van der Waals surface area (Å²) in [5.74, 6) is 0. The smallest absolute Gasteiger partial charge is 0.0918 e. The van der Waals surface area contributed by atoms with E-state index in [1.54, 1.807) is 18.3 Å². The van der Waals surface area contributed by atoms with Crippen LogP contribution >= 0.6 is 0 Å². The Morgan fingerprint density at radius 1 is 1.56 bits per heavy atom. The van der Waals surface area contributed by atoms with Gasteiger partial charge in [-0.2, -0.15) is 0 Å². The molecule has 0 saturated carbocycles. The van der Waals surface area contributed by atoms with Crippen LogP contribution in [0.25, 0.3) is 0 Å². The lowest BCUT2D eigenvalue weighted by atomic mass is 10.5. The molecule has 1 aromatic rings. The molecule has 0 aliphatic rings. The summed E-state index contributed by atoms with van der Waals surface area (Å²) in [5.41, 5.74) is 0.653. The third-order valence-electron chi connectivity index (χ3n) is 0.878. The number of rotatable bonds is 1. The van der Waals surface area contributed by atoms with Gasteiger partial charge in [0.15, 0.2) is 0 Å². The molecule has 0 spiro atoms. The Hall–Kier alpha value is -1.38. The predicted octanol–water partition coefficient (Wildman–Crippen LogP) is 0.890. The van der Waals surface area contributed by atoms with Crippen molar-refractivity contribution in [2.75, 3.05) is 0 Å². The Kier molecular flexibility index (Phi) is 1.80. The Bertz CT molecular complexity index is 195. The lowest BCUT2D eigenvalue weighted by molar-refractivity contribution is 0.321. The van der Waals surface area contributed by atoms with Crippen LogP contribution in [0.2, 0.25) is 0 Å². The Balaban J connectivity index is 2.85. The molecule has 0 fully saturated rings. The highest BCUT2D eigenvalue weighted by molar-refractivity contribution is 5.75. The van der Waals surface area contributed by atoms with E-state index in [-0.39, 0.29) is 0 Å². The van der Waals surface area contributed by atoms with Crippen molar-refractivity contribution in [3.8, 4) is 0 Å². The molecule has 0 bridgehead atoms. The van der Waals surface area contributed by atoms with E-state index in [1.807, 2.05) is 6.07 Å². The van der Waals surface area contributed by atoms with Crippen LogP contribution in [0.5, 0.6) is 0 Å². The molecule has 0 unspecified atom stereocenters. The molecule has 1 N–H and O–H groups in total. The minimum Gasteiger partial charge on any atom is -0.411 e. The van der Waals surface area contributed by atoms with Gasteiger partial charge in [0.25, 0.3) is 0 Å². The van der Waals surface area contributed by atoms with Crippen molar-refractivity contribution < 1.29 is 5.21 Å². The first kappa shape index (κ1) is 5.75. The normalized spacial score (nSPS) is 10.2. The van der Waals surface area contributed by atoms with Gasteiger partial charge in [0, 0.05) is 6.20 Å². The zero-order chi connectivity index (χ0) is 6.53. The van der Waals surface area contributed by atoms with Gasteiger partial charge in [0.05, 0.1) is 11.9 Å². The van der Waals surface area contributed by atoms with E-state index < -0.39 is 0 Å². The predicted molar refractivity (Wildman–Crippen MR) is 33.6 cm³/mol. The van der Waals surface area contributed by atoms with E-state index in [0.29, 0.717) is 5.69 Å². The largest absolute Gasteiger partial charge is 0.411 e. The van der Waals surface area contributed by atoms with E-state index in [2.05, 4.69) is 10.1 Å². The van der Waals surface area contributed by atoms with Crippen molar-refractivity contribution in [3.05, 3.63) is 30.1 Å². The van der Waals surface area contributed by atoms with Crippen molar-refractivity contribution >= 4 is 6.21 Å². The first-order valence-electron chi connectivity index (χ1n) is 2.52. The maximum absolute atomic E-state index is 8.05. The van der Waals surface area contributed by atoms with Crippen LogP contribution in [0, 0.1) is 0 Å². The molecule has 1 heterocycles. The zero-order valence-corrected chi connectivity index (χ0v) is 4.73. The first-order valence-corrected chi connectivity index (χ1v) is 2.52. The molecule has 3 heteroatoms. The van der Waals surface area contributed by atoms with Crippen LogP contribution < -0.4 is 0 Å². The Labute approximate surface area is 52.7 Å². The van der Waals surface area contributed by atoms with E-state index in [0.717, 1.165) is 0 Å². The quantitative estimate of drug-likeness (QED) is 0.343. The summed E-state index contributed by atoms with van der Waals surface area (Å²) in [6, 6.07) is 5.37. The molecular weight excluding hydrogens is 118 g/mol. The van der Waals surface area contributed by atoms with Gasteiger partial charge in [-0.25, -0.2) is 0 Å². The SMILES string of the molecule is O/N=[14CH]/c1ccccn1. The van der Waals surface area contributed by atoms with Gasteiger partial charge in [-0.3, -0.25) is 4.98 Å². The second-order valence-corrected chi connectivity index (χ2v) is 1.50. The average Bonchev–Trinajstić information content (AvgIpc) is 1.91. The lowest BCUT2D eigenvalue weighted by Gasteiger charge is -1.84. The van der Waals surface area contributed by atoms with E-state index in [4.69, 9.17) is 5.21 Å². The fourth-order valence-corrected chi connectivity index (χ4v) is 0.511. The van der Waals surface area contributed by atoms with Gasteiger partial charge in [-0.15, -0.1) is 0 Å². The third-order valence-corrected chi connectivity index (χ3v) is 0.878. The van der Waals surface area contributed by atoms with Gasteiger partial charge in [0.2, 0.25) is 0 Å². The Morgan fingerprint density at radius 3 is 3.00 bits per heavy atom. The Morgan fingerprint density at radius 2 is 2.44 bits per heavy atom. The maximum Gasteiger partial charge on any atom is 0.0918 e. The van der Waals surface area contributed by atoms with Crippen molar-refractivity contribution in [2.45, 2.75) is 0 Å². The molecule has 0 radical (unpaired) electrons. The topological polar surface area (TPSA) is 45.5 Å². The summed E-state index contributed by atoms with van der Waals surface area (Å²) < 4.78 is 0. The molecule has 0 atom stereocenters. The monoisotopic (exact) mass is 124 g/mol. The molecular formula is C6H6N2O. The van der Waals surface area contributed by atoms with Gasteiger partial charge < -0.3 is 5.21 Å². The fraction of sp³-hybridized carbons (Fsp3) is 0.